The van der Waals surface area contributed by atoms with E-state index in [1.165, 1.54) is 27.1 Å². The van der Waals surface area contributed by atoms with Gasteiger partial charge in [0, 0.05) is 36.4 Å². The van der Waals surface area contributed by atoms with E-state index in [-0.39, 0.29) is 0 Å². The summed E-state index contributed by atoms with van der Waals surface area (Å²) in [6.45, 7) is 5.12. The summed E-state index contributed by atoms with van der Waals surface area (Å²) in [6.07, 6.45) is 5.52. The smallest absolute Gasteiger partial charge is 0.225 e. The molecule has 0 radical (unpaired) electrons. The molecule has 0 aliphatic heterocycles. The third-order valence-corrected chi connectivity index (χ3v) is 6.48. The summed E-state index contributed by atoms with van der Waals surface area (Å²) in [5.74, 6) is 0.889. The Morgan fingerprint density at radius 2 is 1.76 bits per heavy atom. The van der Waals surface area contributed by atoms with E-state index in [2.05, 4.69) is 65.0 Å². The molecule has 29 heavy (non-hydrogen) atoms. The lowest BCUT2D eigenvalue weighted by atomic mass is 10.0. The van der Waals surface area contributed by atoms with Gasteiger partial charge in [-0.2, -0.15) is 4.98 Å². The second-order valence-corrected chi connectivity index (χ2v) is 8.56. The first kappa shape index (κ1) is 19.8. The molecule has 3 aromatic heterocycles. The highest BCUT2D eigenvalue weighted by Gasteiger charge is 2.21. The van der Waals surface area contributed by atoms with Crippen molar-refractivity contribution in [1.29, 1.82) is 0 Å². The van der Waals surface area contributed by atoms with Crippen LogP contribution in [0.2, 0.25) is 5.28 Å². The van der Waals surface area contributed by atoms with Gasteiger partial charge in [-0.25, -0.2) is 4.98 Å². The number of hydrogen-bond acceptors (Lipinski definition) is 5. The van der Waals surface area contributed by atoms with Crippen molar-refractivity contribution in [2.45, 2.75) is 26.7 Å². The first-order valence-corrected chi connectivity index (χ1v) is 10.9. The highest BCUT2D eigenvalue weighted by atomic mass is 35.5. The maximum absolute atomic E-state index is 6.31. The summed E-state index contributed by atoms with van der Waals surface area (Å²) >= 11 is 8.02. The Morgan fingerprint density at radius 1 is 1.03 bits per heavy atom. The molecule has 4 aromatic rings. The Hall–Kier alpha value is -2.50. The molecule has 0 N–H and O–H groups in total. The summed E-state index contributed by atoms with van der Waals surface area (Å²) in [5.41, 5.74) is 4.94. The topological polar surface area (TPSA) is 41.9 Å². The van der Waals surface area contributed by atoms with E-state index in [0.717, 1.165) is 35.4 Å². The molecule has 0 aliphatic rings. The highest BCUT2D eigenvalue weighted by molar-refractivity contribution is 7.19. The first-order valence-electron chi connectivity index (χ1n) is 9.72. The van der Waals surface area contributed by atoms with Crippen LogP contribution in [0.25, 0.3) is 21.3 Å². The van der Waals surface area contributed by atoms with Crippen LogP contribution in [0.3, 0.4) is 0 Å². The lowest BCUT2D eigenvalue weighted by Gasteiger charge is -2.20. The van der Waals surface area contributed by atoms with Crippen LogP contribution in [0.4, 0.5) is 5.82 Å². The molecule has 4 nitrogen and oxygen atoms in total. The molecule has 3 heterocycles. The fourth-order valence-corrected chi connectivity index (χ4v) is 4.85. The van der Waals surface area contributed by atoms with E-state index in [9.17, 15) is 0 Å². The van der Waals surface area contributed by atoms with Gasteiger partial charge in [-0.1, -0.05) is 36.8 Å². The molecule has 0 amide bonds. The normalized spacial score (nSPS) is 11.2. The Labute approximate surface area is 180 Å². The molecule has 0 aliphatic carbocycles. The number of halogens is 1. The minimum Gasteiger partial charge on any atom is -0.359 e. The summed E-state index contributed by atoms with van der Waals surface area (Å²) in [7, 11) is 2.07. The Kier molecular flexibility index (Phi) is 5.79. The van der Waals surface area contributed by atoms with Gasteiger partial charge in [0.2, 0.25) is 5.28 Å². The van der Waals surface area contributed by atoms with Crippen LogP contribution in [-0.4, -0.2) is 28.5 Å². The van der Waals surface area contributed by atoms with Crippen molar-refractivity contribution >= 4 is 39.0 Å². The number of nitrogens with zero attached hydrogens (tertiary/aromatic N) is 4. The second-order valence-electron chi connectivity index (χ2n) is 7.14. The van der Waals surface area contributed by atoms with E-state index in [0.29, 0.717) is 5.28 Å². The van der Waals surface area contributed by atoms with Gasteiger partial charge in [0.15, 0.2) is 0 Å². The van der Waals surface area contributed by atoms with Crippen LogP contribution in [0, 0.1) is 6.92 Å². The van der Waals surface area contributed by atoms with Crippen LogP contribution in [0.1, 0.15) is 22.9 Å². The molecule has 0 saturated carbocycles. The third-order valence-electron chi connectivity index (χ3n) is 5.09. The molecule has 1 aromatic carbocycles. The number of aromatic nitrogens is 3. The van der Waals surface area contributed by atoms with E-state index in [1.54, 1.807) is 11.3 Å². The largest absolute Gasteiger partial charge is 0.359 e. The van der Waals surface area contributed by atoms with Gasteiger partial charge in [-0.3, -0.25) is 4.98 Å². The molecule has 148 valence electrons. The first-order chi connectivity index (χ1) is 14.1. The number of aryl methyl sites for hydroxylation is 2. The zero-order valence-corrected chi connectivity index (χ0v) is 18.4. The number of fused-ring (bicyclic) bond motifs is 1. The van der Waals surface area contributed by atoms with Crippen molar-refractivity contribution in [3.8, 4) is 11.1 Å². The molecule has 0 unspecified atom stereocenters. The standard InChI is InChI=1S/C23H23ClN4S/c1-4-18-19(17-7-5-15(2)6-8-17)20-21(26-23(24)27-22(20)29-18)28(3)14-11-16-9-12-25-13-10-16/h5-10,12-13H,4,11,14H2,1-3H3. The van der Waals surface area contributed by atoms with Crippen molar-refractivity contribution in [2.24, 2.45) is 0 Å². The summed E-state index contributed by atoms with van der Waals surface area (Å²) in [6, 6.07) is 12.8. The van der Waals surface area contributed by atoms with Crippen molar-refractivity contribution in [1.82, 2.24) is 15.0 Å². The molecular formula is C23H23ClN4S. The maximum atomic E-state index is 6.31. The van der Waals surface area contributed by atoms with Gasteiger partial charge in [0.1, 0.15) is 10.6 Å². The average Bonchev–Trinajstić information content (AvgIpc) is 3.11. The predicted molar refractivity (Wildman–Crippen MR) is 123 cm³/mol. The minimum absolute atomic E-state index is 0.294. The molecule has 0 bridgehead atoms. The number of rotatable bonds is 6. The highest BCUT2D eigenvalue weighted by Crippen LogP contribution is 2.42. The van der Waals surface area contributed by atoms with E-state index >= 15 is 0 Å². The second kappa shape index (κ2) is 8.47. The number of hydrogen-bond donors (Lipinski definition) is 0. The average molecular weight is 423 g/mol. The summed E-state index contributed by atoms with van der Waals surface area (Å²) < 4.78 is 0. The fraction of sp³-hybridized carbons (Fsp3) is 0.261. The van der Waals surface area contributed by atoms with Gasteiger partial charge in [0.05, 0.1) is 5.39 Å². The van der Waals surface area contributed by atoms with Gasteiger partial charge >= 0.3 is 0 Å². The Bertz CT molecular complexity index is 1120. The number of pyridine rings is 1. The SMILES string of the molecule is CCc1sc2nc(Cl)nc(N(C)CCc3ccncc3)c2c1-c1ccc(C)cc1. The number of benzene rings is 1. The summed E-state index contributed by atoms with van der Waals surface area (Å²) in [4.78, 5) is 17.7. The minimum atomic E-state index is 0.294. The van der Waals surface area contributed by atoms with Crippen LogP contribution >= 0.6 is 22.9 Å². The lowest BCUT2D eigenvalue weighted by molar-refractivity contribution is 0.861. The fourth-order valence-electron chi connectivity index (χ4n) is 3.51. The molecule has 6 heteroatoms. The van der Waals surface area contributed by atoms with Gasteiger partial charge < -0.3 is 4.90 Å². The van der Waals surface area contributed by atoms with Crippen molar-refractivity contribution in [3.05, 3.63) is 70.1 Å². The number of anilines is 1. The third kappa shape index (κ3) is 4.11. The molecule has 0 fully saturated rings. The Balaban J connectivity index is 1.80. The number of likely N-dealkylation sites (N-methyl/N-ethyl adjacent to an activating group) is 1. The van der Waals surface area contributed by atoms with Crippen molar-refractivity contribution < 1.29 is 0 Å². The molecule has 0 spiro atoms. The van der Waals surface area contributed by atoms with Crippen LogP contribution in [0.5, 0.6) is 0 Å². The zero-order valence-electron chi connectivity index (χ0n) is 16.8. The van der Waals surface area contributed by atoms with E-state index in [1.807, 2.05) is 24.5 Å². The maximum Gasteiger partial charge on any atom is 0.225 e. The molecule has 4 rings (SSSR count). The van der Waals surface area contributed by atoms with Crippen molar-refractivity contribution in [2.75, 3.05) is 18.5 Å². The predicted octanol–water partition coefficient (Wildman–Crippen LogP) is 5.96. The van der Waals surface area contributed by atoms with Gasteiger partial charge in [-0.15, -0.1) is 11.3 Å². The van der Waals surface area contributed by atoms with E-state index < -0.39 is 0 Å². The monoisotopic (exact) mass is 422 g/mol. The van der Waals surface area contributed by atoms with Crippen LogP contribution in [-0.2, 0) is 12.8 Å². The van der Waals surface area contributed by atoms with Gasteiger partial charge in [-0.05, 0) is 54.6 Å². The summed E-state index contributed by atoms with van der Waals surface area (Å²) in [5, 5.41) is 1.39. The molecule has 0 atom stereocenters. The zero-order chi connectivity index (χ0) is 20.4. The van der Waals surface area contributed by atoms with Crippen molar-refractivity contribution in [3.63, 3.8) is 0 Å². The van der Waals surface area contributed by atoms with E-state index in [4.69, 9.17) is 11.6 Å². The Morgan fingerprint density at radius 3 is 2.45 bits per heavy atom. The number of thiophene rings is 1. The van der Waals surface area contributed by atoms with Crippen LogP contribution in [0.15, 0.2) is 48.8 Å². The van der Waals surface area contributed by atoms with Gasteiger partial charge in [0.25, 0.3) is 0 Å². The van der Waals surface area contributed by atoms with Crippen LogP contribution < -0.4 is 4.90 Å². The molecule has 0 saturated heterocycles. The quantitative estimate of drug-likeness (QED) is 0.360. The lowest BCUT2D eigenvalue weighted by Crippen LogP contribution is -2.22. The molecular weight excluding hydrogens is 400 g/mol.